The van der Waals surface area contributed by atoms with Crippen LogP contribution >= 0.6 is 11.8 Å². The van der Waals surface area contributed by atoms with Crippen LogP contribution in [-0.2, 0) is 16.6 Å². The quantitative estimate of drug-likeness (QED) is 0.215. The molecule has 0 spiro atoms. The van der Waals surface area contributed by atoms with Gasteiger partial charge in [-0.25, -0.2) is 17.5 Å². The number of carbonyl (C=O) groups excluding carboxylic acids is 1. The number of rotatable bonds is 12. The lowest BCUT2D eigenvalue weighted by atomic mass is 10.0. The van der Waals surface area contributed by atoms with Gasteiger partial charge in [0, 0.05) is 35.8 Å². The lowest BCUT2D eigenvalue weighted by Crippen LogP contribution is -2.38. The molecule has 0 radical (unpaired) electrons. The Balaban J connectivity index is 1.20. The molecule has 41 heavy (non-hydrogen) atoms. The second-order valence-corrected chi connectivity index (χ2v) is 12.5. The number of carbonyl (C=O) groups is 1. The van der Waals surface area contributed by atoms with Crippen LogP contribution in [0, 0.1) is 5.82 Å². The van der Waals surface area contributed by atoms with Gasteiger partial charge < -0.3 is 9.47 Å². The van der Waals surface area contributed by atoms with Gasteiger partial charge in [-0.1, -0.05) is 48.5 Å². The van der Waals surface area contributed by atoms with Crippen LogP contribution in [0.25, 0.3) is 11.1 Å². The number of sulfonamides is 1. The zero-order valence-corrected chi connectivity index (χ0v) is 23.8. The normalized spacial score (nSPS) is 12.4. The largest absolute Gasteiger partial charge is 0.454 e. The van der Waals surface area contributed by atoms with Crippen molar-refractivity contribution >= 4 is 27.7 Å². The first kappa shape index (κ1) is 28.7. The van der Waals surface area contributed by atoms with E-state index in [1.54, 1.807) is 48.2 Å². The summed E-state index contributed by atoms with van der Waals surface area (Å²) in [5.41, 5.74) is 2.77. The molecular formula is C31H29FN2O5S2. The van der Waals surface area contributed by atoms with E-state index in [1.807, 2.05) is 48.5 Å². The summed E-state index contributed by atoms with van der Waals surface area (Å²) in [5.74, 6) is 0.855. The zero-order valence-electron chi connectivity index (χ0n) is 22.2. The van der Waals surface area contributed by atoms with Crippen molar-refractivity contribution < 1.29 is 27.1 Å². The number of hydrogen-bond donors (Lipinski definition) is 1. The SMILES string of the molecule is O=C(NS(=O)(=O)CCN(CCSc1ccccc1)Cc1ccc2c(c1)OCO2)c1ccc(-c2ccc(F)cc2)cc1. The molecule has 0 aromatic heterocycles. The molecule has 1 N–H and O–H groups in total. The van der Waals surface area contributed by atoms with Crippen LogP contribution in [-0.4, -0.2) is 50.6 Å². The predicted molar refractivity (Wildman–Crippen MR) is 158 cm³/mol. The Morgan fingerprint density at radius 2 is 1.54 bits per heavy atom. The molecule has 0 fully saturated rings. The van der Waals surface area contributed by atoms with Gasteiger partial charge in [-0.15, -0.1) is 11.8 Å². The van der Waals surface area contributed by atoms with Crippen molar-refractivity contribution in [3.8, 4) is 22.6 Å². The highest BCUT2D eigenvalue weighted by Crippen LogP contribution is 2.33. The van der Waals surface area contributed by atoms with Gasteiger partial charge >= 0.3 is 0 Å². The van der Waals surface area contributed by atoms with Crippen molar-refractivity contribution in [3.63, 3.8) is 0 Å². The molecule has 0 saturated heterocycles. The van der Waals surface area contributed by atoms with Gasteiger partial charge in [-0.3, -0.25) is 9.69 Å². The Morgan fingerprint density at radius 3 is 2.27 bits per heavy atom. The van der Waals surface area contributed by atoms with E-state index in [9.17, 15) is 17.6 Å². The average molecular weight is 593 g/mol. The van der Waals surface area contributed by atoms with Crippen molar-refractivity contribution in [2.24, 2.45) is 0 Å². The fourth-order valence-corrected chi connectivity index (χ4v) is 6.27. The van der Waals surface area contributed by atoms with E-state index in [0.717, 1.165) is 27.3 Å². The smallest absolute Gasteiger partial charge is 0.264 e. The topological polar surface area (TPSA) is 84.9 Å². The first-order valence-electron chi connectivity index (χ1n) is 13.0. The van der Waals surface area contributed by atoms with E-state index < -0.39 is 15.9 Å². The summed E-state index contributed by atoms with van der Waals surface area (Å²) in [7, 11) is -3.90. The molecule has 5 rings (SSSR count). The summed E-state index contributed by atoms with van der Waals surface area (Å²) in [6.45, 7) is 1.57. The van der Waals surface area contributed by atoms with Gasteiger partial charge in [0.25, 0.3) is 5.91 Å². The number of nitrogens with zero attached hydrogens (tertiary/aromatic N) is 1. The number of amides is 1. The second-order valence-electron chi connectivity index (χ2n) is 9.46. The molecule has 0 bridgehead atoms. The molecule has 1 aliphatic rings. The highest BCUT2D eigenvalue weighted by Gasteiger charge is 2.20. The predicted octanol–water partition coefficient (Wildman–Crippen LogP) is 5.58. The first-order valence-corrected chi connectivity index (χ1v) is 15.7. The van der Waals surface area contributed by atoms with Crippen LogP contribution in [0.4, 0.5) is 4.39 Å². The van der Waals surface area contributed by atoms with Crippen molar-refractivity contribution in [1.82, 2.24) is 9.62 Å². The van der Waals surface area contributed by atoms with E-state index in [2.05, 4.69) is 9.62 Å². The van der Waals surface area contributed by atoms with E-state index in [4.69, 9.17) is 9.47 Å². The Labute approximate surface area is 243 Å². The van der Waals surface area contributed by atoms with Crippen LogP contribution < -0.4 is 14.2 Å². The number of ether oxygens (including phenoxy) is 2. The number of hydrogen-bond acceptors (Lipinski definition) is 7. The monoisotopic (exact) mass is 592 g/mol. The minimum atomic E-state index is -3.90. The Hall–Kier alpha value is -3.86. The number of fused-ring (bicyclic) bond motifs is 1. The minimum Gasteiger partial charge on any atom is -0.454 e. The third kappa shape index (κ3) is 8.09. The van der Waals surface area contributed by atoms with Gasteiger partial charge in [-0.05, 0) is 65.2 Å². The van der Waals surface area contributed by atoms with E-state index in [-0.39, 0.29) is 30.5 Å². The van der Waals surface area contributed by atoms with Gasteiger partial charge in [0.1, 0.15) is 5.82 Å². The van der Waals surface area contributed by atoms with Gasteiger partial charge in [-0.2, -0.15) is 0 Å². The standard InChI is InChI=1S/C31H29FN2O5S2/c32-27-13-11-25(12-14-27)24-7-9-26(10-8-24)31(35)33-41(36,37)19-17-34(16-18-40-28-4-2-1-3-5-28)21-23-6-15-29-30(20-23)39-22-38-29/h1-15,20H,16-19,21-22H2,(H,33,35). The van der Waals surface area contributed by atoms with Crippen LogP contribution in [0.2, 0.25) is 0 Å². The maximum atomic E-state index is 13.2. The molecule has 4 aromatic carbocycles. The van der Waals surface area contributed by atoms with E-state index in [1.165, 1.54) is 12.1 Å². The van der Waals surface area contributed by atoms with Crippen molar-refractivity contribution in [2.75, 3.05) is 31.4 Å². The lowest BCUT2D eigenvalue weighted by molar-refractivity contribution is 0.0981. The van der Waals surface area contributed by atoms with Crippen molar-refractivity contribution in [3.05, 3.63) is 114 Å². The fourth-order valence-electron chi connectivity index (χ4n) is 4.33. The molecule has 1 aliphatic heterocycles. The van der Waals surface area contributed by atoms with E-state index in [0.29, 0.717) is 24.6 Å². The third-order valence-corrected chi connectivity index (χ3v) is 8.72. The van der Waals surface area contributed by atoms with Crippen LogP contribution in [0.1, 0.15) is 15.9 Å². The summed E-state index contributed by atoms with van der Waals surface area (Å²) in [6.07, 6.45) is 0. The van der Waals surface area contributed by atoms with Gasteiger partial charge in [0.05, 0.1) is 5.75 Å². The molecule has 10 heteroatoms. The number of halogens is 1. The molecular weight excluding hydrogens is 563 g/mol. The summed E-state index contributed by atoms with van der Waals surface area (Å²) < 4.78 is 52.1. The molecule has 0 aliphatic carbocycles. The van der Waals surface area contributed by atoms with Gasteiger partial charge in [0.2, 0.25) is 16.8 Å². The molecule has 0 unspecified atom stereocenters. The molecule has 4 aromatic rings. The Morgan fingerprint density at radius 1 is 0.854 bits per heavy atom. The summed E-state index contributed by atoms with van der Waals surface area (Å²) >= 11 is 1.70. The van der Waals surface area contributed by atoms with Crippen molar-refractivity contribution in [1.29, 1.82) is 0 Å². The highest BCUT2D eigenvalue weighted by molar-refractivity contribution is 7.99. The first-order chi connectivity index (χ1) is 19.8. The Bertz CT molecular complexity index is 1580. The number of nitrogens with one attached hydrogen (secondary N) is 1. The molecule has 0 atom stereocenters. The van der Waals surface area contributed by atoms with E-state index >= 15 is 0 Å². The summed E-state index contributed by atoms with van der Waals surface area (Å²) in [4.78, 5) is 15.9. The summed E-state index contributed by atoms with van der Waals surface area (Å²) in [6, 6.07) is 28.2. The van der Waals surface area contributed by atoms with Gasteiger partial charge in [0.15, 0.2) is 11.5 Å². The number of thioether (sulfide) groups is 1. The van der Waals surface area contributed by atoms with Crippen molar-refractivity contribution in [2.45, 2.75) is 11.4 Å². The maximum Gasteiger partial charge on any atom is 0.264 e. The third-order valence-electron chi connectivity index (χ3n) is 6.51. The average Bonchev–Trinajstić information content (AvgIpc) is 3.45. The summed E-state index contributed by atoms with van der Waals surface area (Å²) in [5, 5.41) is 0. The molecule has 212 valence electrons. The molecule has 0 saturated carbocycles. The molecule has 1 amide bonds. The number of benzene rings is 4. The zero-order chi connectivity index (χ0) is 28.7. The van der Waals surface area contributed by atoms with Crippen LogP contribution in [0.15, 0.2) is 102 Å². The minimum absolute atomic E-state index is 0.184. The van der Waals surface area contributed by atoms with Crippen LogP contribution in [0.3, 0.4) is 0 Å². The Kier molecular flexibility index (Phi) is 9.23. The molecule has 7 nitrogen and oxygen atoms in total. The van der Waals surface area contributed by atoms with Crippen LogP contribution in [0.5, 0.6) is 11.5 Å². The highest BCUT2D eigenvalue weighted by atomic mass is 32.2. The second kappa shape index (κ2) is 13.2. The fraction of sp³-hybridized carbons (Fsp3) is 0.194. The lowest BCUT2D eigenvalue weighted by Gasteiger charge is -2.22. The molecule has 1 heterocycles. The maximum absolute atomic E-state index is 13.2.